The topological polar surface area (TPSA) is 59.1 Å². The van der Waals surface area contributed by atoms with Gasteiger partial charge in [0.15, 0.2) is 0 Å². The lowest BCUT2D eigenvalue weighted by molar-refractivity contribution is -0.153. The van der Waals surface area contributed by atoms with Crippen LogP contribution in [0, 0.1) is 5.92 Å². The van der Waals surface area contributed by atoms with Crippen LogP contribution in [-0.2, 0) is 20.9 Å². The highest BCUT2D eigenvalue weighted by Crippen LogP contribution is 2.36. The van der Waals surface area contributed by atoms with E-state index in [1.54, 1.807) is 12.0 Å². The Hall–Kier alpha value is -2.08. The van der Waals surface area contributed by atoms with Crippen molar-refractivity contribution in [2.24, 2.45) is 5.92 Å². The van der Waals surface area contributed by atoms with Crippen molar-refractivity contribution in [1.29, 1.82) is 0 Å². The zero-order valence-corrected chi connectivity index (χ0v) is 16.0. The van der Waals surface area contributed by atoms with Crippen LogP contribution < -0.4 is 4.74 Å². The molecule has 6 heteroatoms. The van der Waals surface area contributed by atoms with E-state index < -0.39 is 0 Å². The average molecular weight is 372 g/mol. The molecule has 146 valence electrons. The zero-order chi connectivity index (χ0) is 18.9. The largest absolute Gasteiger partial charge is 0.496 e. The van der Waals surface area contributed by atoms with Gasteiger partial charge in [0.05, 0.1) is 25.2 Å². The van der Waals surface area contributed by atoms with Crippen LogP contribution >= 0.6 is 0 Å². The minimum Gasteiger partial charge on any atom is -0.496 e. The molecule has 1 aromatic carbocycles. The van der Waals surface area contributed by atoms with Crippen molar-refractivity contribution in [3.63, 3.8) is 0 Å². The van der Waals surface area contributed by atoms with Gasteiger partial charge in [-0.1, -0.05) is 31.0 Å². The summed E-state index contributed by atoms with van der Waals surface area (Å²) in [5, 5.41) is 0. The van der Waals surface area contributed by atoms with Gasteiger partial charge in [0.1, 0.15) is 5.75 Å². The van der Waals surface area contributed by atoms with E-state index in [-0.39, 0.29) is 23.3 Å². The van der Waals surface area contributed by atoms with Crippen molar-refractivity contribution < 1.29 is 19.1 Å². The molecule has 2 aliphatic heterocycles. The fourth-order valence-electron chi connectivity index (χ4n) is 4.74. The van der Waals surface area contributed by atoms with E-state index >= 15 is 0 Å². The number of carbonyl (C=O) groups excluding carboxylic acids is 2. The summed E-state index contributed by atoms with van der Waals surface area (Å²) in [6, 6.07) is 7.72. The molecule has 1 spiro atoms. The number of hydrogen-bond donors (Lipinski definition) is 0. The summed E-state index contributed by atoms with van der Waals surface area (Å²) in [6.07, 6.45) is 4.74. The van der Waals surface area contributed by atoms with Crippen molar-refractivity contribution in [3.8, 4) is 5.75 Å². The molecule has 0 radical (unpaired) electrons. The van der Waals surface area contributed by atoms with Gasteiger partial charge in [0, 0.05) is 38.2 Å². The Bertz CT molecular complexity index is 714. The van der Waals surface area contributed by atoms with Gasteiger partial charge in [0.2, 0.25) is 11.8 Å². The van der Waals surface area contributed by atoms with Crippen LogP contribution in [0.25, 0.3) is 0 Å². The summed E-state index contributed by atoms with van der Waals surface area (Å²) in [5.74, 6) is 0.684. The molecule has 0 N–H and O–H groups in total. The summed E-state index contributed by atoms with van der Waals surface area (Å²) < 4.78 is 11.4. The molecule has 0 bridgehead atoms. The lowest BCUT2D eigenvalue weighted by atomic mass is 9.98. The molecule has 6 nitrogen and oxygen atoms in total. The number of para-hydroxylation sites is 1. The minimum atomic E-state index is -0.247. The van der Waals surface area contributed by atoms with Gasteiger partial charge in [0.25, 0.3) is 0 Å². The first-order chi connectivity index (χ1) is 13.1. The molecule has 2 saturated heterocycles. The Morgan fingerprint density at radius 2 is 2.07 bits per heavy atom. The van der Waals surface area contributed by atoms with Gasteiger partial charge in [-0.25, -0.2) is 0 Å². The van der Waals surface area contributed by atoms with E-state index in [4.69, 9.17) is 9.47 Å². The van der Waals surface area contributed by atoms with Crippen LogP contribution in [0.4, 0.5) is 0 Å². The minimum absolute atomic E-state index is 0.0445. The first-order valence-electron chi connectivity index (χ1n) is 9.93. The summed E-state index contributed by atoms with van der Waals surface area (Å²) in [7, 11) is 1.63. The Morgan fingerprint density at radius 1 is 1.30 bits per heavy atom. The summed E-state index contributed by atoms with van der Waals surface area (Å²) in [6.45, 7) is 2.90. The zero-order valence-electron chi connectivity index (χ0n) is 16.0. The fourth-order valence-corrected chi connectivity index (χ4v) is 4.74. The molecule has 1 aliphatic carbocycles. The number of rotatable bonds is 4. The molecule has 3 aliphatic rings. The SMILES string of the molecule is COc1ccccc1CN1C[C@H](C(=O)N2CCOC3(CCCC3)C2)CC1=O. The summed E-state index contributed by atoms with van der Waals surface area (Å²) in [5.41, 5.74) is 0.839. The number of amides is 2. The normalized spacial score (nSPS) is 24.6. The second-order valence-corrected chi connectivity index (χ2v) is 7.99. The number of benzene rings is 1. The van der Waals surface area contributed by atoms with E-state index in [1.807, 2.05) is 29.2 Å². The lowest BCUT2D eigenvalue weighted by Crippen LogP contribution is -2.53. The van der Waals surface area contributed by atoms with Crippen molar-refractivity contribution in [3.05, 3.63) is 29.8 Å². The van der Waals surface area contributed by atoms with Gasteiger partial charge in [-0.15, -0.1) is 0 Å². The summed E-state index contributed by atoms with van der Waals surface area (Å²) >= 11 is 0. The van der Waals surface area contributed by atoms with Crippen molar-refractivity contribution in [2.75, 3.05) is 33.4 Å². The summed E-state index contributed by atoms with van der Waals surface area (Å²) in [4.78, 5) is 29.3. The molecule has 2 heterocycles. The van der Waals surface area contributed by atoms with Crippen molar-refractivity contribution in [2.45, 2.75) is 44.2 Å². The van der Waals surface area contributed by atoms with E-state index in [2.05, 4.69) is 0 Å². The average Bonchev–Trinajstić information content (AvgIpc) is 3.28. The number of likely N-dealkylation sites (tertiary alicyclic amines) is 1. The number of hydrogen-bond acceptors (Lipinski definition) is 4. The predicted molar refractivity (Wildman–Crippen MR) is 100 cm³/mol. The number of nitrogens with zero attached hydrogens (tertiary/aromatic N) is 2. The van der Waals surface area contributed by atoms with Crippen LogP contribution in [0.15, 0.2) is 24.3 Å². The maximum absolute atomic E-state index is 13.1. The highest BCUT2D eigenvalue weighted by molar-refractivity contribution is 5.89. The Balaban J connectivity index is 1.40. The maximum atomic E-state index is 13.1. The smallest absolute Gasteiger partial charge is 0.228 e. The third kappa shape index (κ3) is 3.68. The van der Waals surface area contributed by atoms with Crippen LogP contribution in [0.1, 0.15) is 37.7 Å². The molecule has 4 rings (SSSR count). The van der Waals surface area contributed by atoms with Gasteiger partial charge < -0.3 is 19.3 Å². The monoisotopic (exact) mass is 372 g/mol. The highest BCUT2D eigenvalue weighted by atomic mass is 16.5. The number of methoxy groups -OCH3 is 1. The third-order valence-electron chi connectivity index (χ3n) is 6.19. The quantitative estimate of drug-likeness (QED) is 0.813. The van der Waals surface area contributed by atoms with Gasteiger partial charge in [-0.3, -0.25) is 9.59 Å². The fraction of sp³-hybridized carbons (Fsp3) is 0.619. The van der Waals surface area contributed by atoms with Crippen molar-refractivity contribution >= 4 is 11.8 Å². The number of ether oxygens (including phenoxy) is 2. The highest BCUT2D eigenvalue weighted by Gasteiger charge is 2.43. The van der Waals surface area contributed by atoms with Crippen molar-refractivity contribution in [1.82, 2.24) is 9.80 Å². The van der Waals surface area contributed by atoms with Gasteiger partial charge in [-0.2, -0.15) is 0 Å². The third-order valence-corrected chi connectivity index (χ3v) is 6.19. The second-order valence-electron chi connectivity index (χ2n) is 7.99. The molecule has 2 amide bonds. The maximum Gasteiger partial charge on any atom is 0.228 e. The molecule has 1 atom stereocenters. The van der Waals surface area contributed by atoms with Crippen LogP contribution in [0.2, 0.25) is 0 Å². The standard InChI is InChI=1S/C21H28N2O4/c1-26-18-7-3-2-6-16(18)13-23-14-17(12-19(23)24)20(25)22-10-11-27-21(15-22)8-4-5-9-21/h2-3,6-7,17H,4-5,8-15H2,1H3/t17-/m1/s1. The molecule has 27 heavy (non-hydrogen) atoms. The molecule has 0 unspecified atom stereocenters. The molecule has 0 aromatic heterocycles. The van der Waals surface area contributed by atoms with E-state index in [1.165, 1.54) is 12.8 Å². The van der Waals surface area contributed by atoms with E-state index in [0.29, 0.717) is 39.2 Å². The van der Waals surface area contributed by atoms with E-state index in [0.717, 1.165) is 24.2 Å². The van der Waals surface area contributed by atoms with Crippen LogP contribution in [0.5, 0.6) is 5.75 Å². The molecule has 1 aromatic rings. The molecule has 3 fully saturated rings. The Kier molecular flexibility index (Phi) is 5.08. The number of carbonyl (C=O) groups is 2. The molecular weight excluding hydrogens is 344 g/mol. The Labute approximate surface area is 160 Å². The second kappa shape index (κ2) is 7.50. The molecule has 1 saturated carbocycles. The number of morpholine rings is 1. The first kappa shape index (κ1) is 18.3. The van der Waals surface area contributed by atoms with Crippen LogP contribution in [-0.4, -0.2) is 60.6 Å². The predicted octanol–water partition coefficient (Wildman–Crippen LogP) is 2.22. The van der Waals surface area contributed by atoms with Crippen LogP contribution in [0.3, 0.4) is 0 Å². The van der Waals surface area contributed by atoms with Gasteiger partial charge in [-0.05, 0) is 18.9 Å². The lowest BCUT2D eigenvalue weighted by Gasteiger charge is -2.41. The van der Waals surface area contributed by atoms with Gasteiger partial charge >= 0.3 is 0 Å². The molecular formula is C21H28N2O4. The van der Waals surface area contributed by atoms with E-state index in [9.17, 15) is 9.59 Å². The Morgan fingerprint density at radius 3 is 2.85 bits per heavy atom. The first-order valence-corrected chi connectivity index (χ1v) is 9.93.